The molecule has 0 radical (unpaired) electrons. The molecular weight excluding hydrogens is 482 g/mol. The summed E-state index contributed by atoms with van der Waals surface area (Å²) in [6.45, 7) is 0. The summed E-state index contributed by atoms with van der Waals surface area (Å²) in [5.41, 5.74) is 7.94. The normalized spacial score (nSPS) is 11.6. The Labute approximate surface area is 223 Å². The van der Waals surface area contributed by atoms with Crippen LogP contribution in [0.5, 0.6) is 0 Å². The third-order valence-electron chi connectivity index (χ3n) is 7.19. The fourth-order valence-electron chi connectivity index (χ4n) is 5.40. The van der Waals surface area contributed by atoms with Gasteiger partial charge in [-0.2, -0.15) is 0 Å². The highest BCUT2D eigenvalue weighted by Gasteiger charge is 2.21. The SMILES string of the molecule is c1ccc(-c2ccccc2N(c2cnc3oc4ccccc4c3c2)c2cnc3oc4ccccc4c3c2)cc1. The maximum absolute atomic E-state index is 6.03. The number of hydrogen-bond donors (Lipinski definition) is 0. The van der Waals surface area contributed by atoms with Crippen LogP contribution in [0.4, 0.5) is 17.1 Å². The Kier molecular flexibility index (Phi) is 4.76. The van der Waals surface area contributed by atoms with Crippen molar-refractivity contribution in [2.24, 2.45) is 0 Å². The van der Waals surface area contributed by atoms with Crippen LogP contribution in [0.1, 0.15) is 0 Å². The molecule has 4 aromatic carbocycles. The molecule has 0 fully saturated rings. The van der Waals surface area contributed by atoms with Crippen molar-refractivity contribution in [1.29, 1.82) is 0 Å². The van der Waals surface area contributed by atoms with Crippen molar-refractivity contribution in [1.82, 2.24) is 9.97 Å². The number of para-hydroxylation sites is 3. The zero-order valence-electron chi connectivity index (χ0n) is 20.8. The Balaban J connectivity index is 1.41. The average molecular weight is 504 g/mol. The van der Waals surface area contributed by atoms with Crippen LogP contribution in [0.2, 0.25) is 0 Å². The molecule has 5 heteroatoms. The van der Waals surface area contributed by atoms with Crippen molar-refractivity contribution >= 4 is 61.2 Å². The molecule has 184 valence electrons. The number of benzene rings is 4. The molecule has 4 aromatic heterocycles. The minimum Gasteiger partial charge on any atom is -0.438 e. The fraction of sp³-hybridized carbons (Fsp3) is 0. The molecule has 0 N–H and O–H groups in total. The lowest BCUT2D eigenvalue weighted by molar-refractivity contribution is 0.654. The quantitative estimate of drug-likeness (QED) is 0.239. The van der Waals surface area contributed by atoms with Gasteiger partial charge in [-0.1, -0.05) is 84.9 Å². The number of anilines is 3. The van der Waals surface area contributed by atoms with E-state index in [0.29, 0.717) is 11.4 Å². The van der Waals surface area contributed by atoms with Gasteiger partial charge in [0.25, 0.3) is 0 Å². The van der Waals surface area contributed by atoms with Gasteiger partial charge in [-0.3, -0.25) is 0 Å². The van der Waals surface area contributed by atoms with Crippen LogP contribution < -0.4 is 4.90 Å². The van der Waals surface area contributed by atoms with Gasteiger partial charge in [0, 0.05) is 16.3 Å². The first kappa shape index (κ1) is 21.6. The minimum absolute atomic E-state index is 0.616. The fourth-order valence-corrected chi connectivity index (χ4v) is 5.40. The van der Waals surface area contributed by atoms with E-state index in [9.17, 15) is 0 Å². The van der Waals surface area contributed by atoms with Crippen molar-refractivity contribution < 1.29 is 8.83 Å². The second kappa shape index (κ2) is 8.57. The first-order chi connectivity index (χ1) is 19.3. The van der Waals surface area contributed by atoms with Crippen LogP contribution in [0.25, 0.3) is 55.3 Å². The summed E-state index contributed by atoms with van der Waals surface area (Å²) in [7, 11) is 0. The largest absolute Gasteiger partial charge is 0.438 e. The molecule has 0 aliphatic heterocycles. The summed E-state index contributed by atoms with van der Waals surface area (Å²) >= 11 is 0. The molecule has 0 saturated heterocycles. The molecule has 4 heterocycles. The maximum atomic E-state index is 6.03. The van der Waals surface area contributed by atoms with E-state index in [1.807, 2.05) is 54.9 Å². The Morgan fingerprint density at radius 1 is 0.487 bits per heavy atom. The summed E-state index contributed by atoms with van der Waals surface area (Å²) in [6, 6.07) is 39.2. The third kappa shape index (κ3) is 3.48. The van der Waals surface area contributed by atoms with E-state index in [-0.39, 0.29) is 0 Å². The zero-order valence-corrected chi connectivity index (χ0v) is 20.8. The van der Waals surface area contributed by atoms with Crippen LogP contribution >= 0.6 is 0 Å². The van der Waals surface area contributed by atoms with E-state index < -0.39 is 0 Å². The number of pyridine rings is 2. The molecular formula is C34H21N3O2. The van der Waals surface area contributed by atoms with Crippen molar-refractivity contribution in [3.05, 3.63) is 128 Å². The van der Waals surface area contributed by atoms with Gasteiger partial charge in [-0.25, -0.2) is 9.97 Å². The number of rotatable bonds is 4. The lowest BCUT2D eigenvalue weighted by Gasteiger charge is -2.27. The van der Waals surface area contributed by atoms with Gasteiger partial charge in [-0.15, -0.1) is 0 Å². The van der Waals surface area contributed by atoms with E-state index in [1.54, 1.807) is 0 Å². The number of aromatic nitrogens is 2. The number of fused-ring (bicyclic) bond motifs is 6. The summed E-state index contributed by atoms with van der Waals surface area (Å²) < 4.78 is 12.1. The molecule has 0 atom stereocenters. The average Bonchev–Trinajstić information content (AvgIpc) is 3.56. The van der Waals surface area contributed by atoms with Gasteiger partial charge in [0.15, 0.2) is 0 Å². The van der Waals surface area contributed by atoms with Crippen LogP contribution in [0, 0.1) is 0 Å². The number of furan rings is 2. The van der Waals surface area contributed by atoms with Gasteiger partial charge in [0.1, 0.15) is 11.2 Å². The number of hydrogen-bond acceptors (Lipinski definition) is 5. The molecule has 0 unspecified atom stereocenters. The highest BCUT2D eigenvalue weighted by molar-refractivity contribution is 6.07. The zero-order chi connectivity index (χ0) is 25.8. The molecule has 0 aliphatic rings. The minimum atomic E-state index is 0.616. The standard InChI is InChI=1S/C34H21N3O2/c1-2-10-22(11-3-1)25-12-4-7-15-30(25)37(23-18-28-26-13-5-8-16-31(26)38-33(28)35-20-23)24-19-29-27-14-6-9-17-32(27)39-34(29)36-21-24/h1-21H. The van der Waals surface area contributed by atoms with Crippen molar-refractivity contribution in [3.63, 3.8) is 0 Å². The molecule has 0 amide bonds. The van der Waals surface area contributed by atoms with Crippen LogP contribution in [0.15, 0.2) is 136 Å². The van der Waals surface area contributed by atoms with E-state index in [0.717, 1.165) is 60.9 Å². The second-order valence-corrected chi connectivity index (χ2v) is 9.51. The van der Waals surface area contributed by atoms with Crippen LogP contribution in [-0.2, 0) is 0 Å². The van der Waals surface area contributed by atoms with Crippen molar-refractivity contribution in [2.45, 2.75) is 0 Å². The van der Waals surface area contributed by atoms with Gasteiger partial charge < -0.3 is 13.7 Å². The second-order valence-electron chi connectivity index (χ2n) is 9.51. The monoisotopic (exact) mass is 503 g/mol. The van der Waals surface area contributed by atoms with Gasteiger partial charge in [-0.05, 0) is 35.9 Å². The topological polar surface area (TPSA) is 55.3 Å². The Bertz CT molecular complexity index is 2030. The summed E-state index contributed by atoms with van der Waals surface area (Å²) in [6.07, 6.45) is 3.73. The summed E-state index contributed by atoms with van der Waals surface area (Å²) in [4.78, 5) is 11.7. The van der Waals surface area contributed by atoms with Gasteiger partial charge in [0.05, 0.1) is 40.2 Å². The van der Waals surface area contributed by atoms with E-state index in [2.05, 4.69) is 77.7 Å². The third-order valence-corrected chi connectivity index (χ3v) is 7.19. The Morgan fingerprint density at radius 3 is 1.62 bits per heavy atom. The molecule has 0 aliphatic carbocycles. The van der Waals surface area contributed by atoms with Gasteiger partial charge in [0.2, 0.25) is 11.4 Å². The molecule has 39 heavy (non-hydrogen) atoms. The smallest absolute Gasteiger partial charge is 0.227 e. The summed E-state index contributed by atoms with van der Waals surface area (Å²) in [5.74, 6) is 0. The van der Waals surface area contributed by atoms with Gasteiger partial charge >= 0.3 is 0 Å². The highest BCUT2D eigenvalue weighted by Crippen LogP contribution is 2.43. The highest BCUT2D eigenvalue weighted by atomic mass is 16.3. The lowest BCUT2D eigenvalue weighted by Crippen LogP contribution is -2.12. The van der Waals surface area contributed by atoms with Crippen LogP contribution in [-0.4, -0.2) is 9.97 Å². The first-order valence-electron chi connectivity index (χ1n) is 12.8. The Hall–Kier alpha value is -5.42. The molecule has 0 spiro atoms. The molecule has 5 nitrogen and oxygen atoms in total. The van der Waals surface area contributed by atoms with Crippen LogP contribution in [0.3, 0.4) is 0 Å². The van der Waals surface area contributed by atoms with E-state index in [4.69, 9.17) is 18.8 Å². The molecule has 8 aromatic rings. The number of nitrogens with zero attached hydrogens (tertiary/aromatic N) is 3. The summed E-state index contributed by atoms with van der Waals surface area (Å²) in [5, 5.41) is 4.00. The molecule has 8 rings (SSSR count). The van der Waals surface area contributed by atoms with Crippen molar-refractivity contribution in [2.75, 3.05) is 4.90 Å². The predicted molar refractivity (Wildman–Crippen MR) is 157 cm³/mol. The van der Waals surface area contributed by atoms with E-state index in [1.165, 1.54) is 0 Å². The lowest BCUT2D eigenvalue weighted by atomic mass is 10.0. The predicted octanol–water partition coefficient (Wildman–Crippen LogP) is 9.41. The molecule has 0 saturated carbocycles. The first-order valence-corrected chi connectivity index (χ1v) is 12.8. The Morgan fingerprint density at radius 2 is 1.00 bits per heavy atom. The van der Waals surface area contributed by atoms with Crippen molar-refractivity contribution in [3.8, 4) is 11.1 Å². The molecule has 0 bridgehead atoms. The maximum Gasteiger partial charge on any atom is 0.227 e. The van der Waals surface area contributed by atoms with E-state index >= 15 is 0 Å².